The van der Waals surface area contributed by atoms with Gasteiger partial charge in [-0.05, 0) is 51.3 Å². The van der Waals surface area contributed by atoms with E-state index in [0.29, 0.717) is 28.3 Å². The van der Waals surface area contributed by atoms with Crippen LogP contribution in [-0.4, -0.2) is 105 Å². The van der Waals surface area contributed by atoms with E-state index in [9.17, 15) is 19.2 Å². The molecule has 13 nitrogen and oxygen atoms in total. The molecule has 2 rings (SSSR count). The Kier molecular flexibility index (Phi) is 14.5. The SMILES string of the molecule is CCOC(=O)CN(CC(=O)OCC)Cc1cc2cc(OC)c(OC)cc2c(CN(CC(=O)OCC)CC(=O)OCC)n1. The van der Waals surface area contributed by atoms with Gasteiger partial charge in [0.15, 0.2) is 11.5 Å². The first-order chi connectivity index (χ1) is 20.2. The highest BCUT2D eigenvalue weighted by atomic mass is 16.5. The Hall–Kier alpha value is -3.97. The van der Waals surface area contributed by atoms with Crippen LogP contribution in [0.25, 0.3) is 10.8 Å². The van der Waals surface area contributed by atoms with E-state index < -0.39 is 23.9 Å². The number of pyridine rings is 1. The molecule has 0 saturated carbocycles. The minimum Gasteiger partial charge on any atom is -0.493 e. The van der Waals surface area contributed by atoms with Gasteiger partial charge in [0.25, 0.3) is 0 Å². The monoisotopic (exact) mass is 591 g/mol. The van der Waals surface area contributed by atoms with Crippen molar-refractivity contribution in [1.82, 2.24) is 14.8 Å². The van der Waals surface area contributed by atoms with Gasteiger partial charge in [-0.15, -0.1) is 0 Å². The van der Waals surface area contributed by atoms with Gasteiger partial charge in [0, 0.05) is 18.5 Å². The molecule has 0 aliphatic rings. The van der Waals surface area contributed by atoms with E-state index in [1.54, 1.807) is 49.6 Å². The van der Waals surface area contributed by atoms with Crippen LogP contribution in [0, 0.1) is 0 Å². The number of methoxy groups -OCH3 is 2. The number of nitrogens with zero attached hydrogens (tertiary/aromatic N) is 3. The number of ether oxygens (including phenoxy) is 6. The minimum atomic E-state index is -0.503. The van der Waals surface area contributed by atoms with Crippen molar-refractivity contribution in [2.45, 2.75) is 40.8 Å². The predicted octanol–water partition coefficient (Wildman–Crippen LogP) is 2.11. The number of carbonyl (C=O) groups excluding carboxylic acids is 4. The first-order valence-electron chi connectivity index (χ1n) is 13.8. The zero-order valence-electron chi connectivity index (χ0n) is 25.2. The largest absolute Gasteiger partial charge is 0.493 e. The number of hydrogen-bond acceptors (Lipinski definition) is 13. The zero-order chi connectivity index (χ0) is 31.1. The summed E-state index contributed by atoms with van der Waals surface area (Å²) in [5.41, 5.74) is 1.04. The molecule has 0 bridgehead atoms. The van der Waals surface area contributed by atoms with Gasteiger partial charge in [-0.25, -0.2) is 0 Å². The van der Waals surface area contributed by atoms with E-state index in [2.05, 4.69) is 0 Å². The lowest BCUT2D eigenvalue weighted by Gasteiger charge is -2.23. The summed E-state index contributed by atoms with van der Waals surface area (Å²) < 4.78 is 31.4. The molecule has 0 saturated heterocycles. The number of esters is 4. The van der Waals surface area contributed by atoms with Gasteiger partial charge in [0.2, 0.25) is 0 Å². The molecule has 42 heavy (non-hydrogen) atoms. The van der Waals surface area contributed by atoms with Crippen LogP contribution in [0.1, 0.15) is 39.1 Å². The number of hydrogen-bond donors (Lipinski definition) is 0. The van der Waals surface area contributed by atoms with E-state index in [1.165, 1.54) is 14.2 Å². The van der Waals surface area contributed by atoms with E-state index >= 15 is 0 Å². The number of rotatable bonds is 18. The fraction of sp³-hybridized carbons (Fsp3) is 0.552. The topological polar surface area (TPSA) is 143 Å². The third-order valence-corrected chi connectivity index (χ3v) is 5.86. The molecule has 1 aromatic heterocycles. The average molecular weight is 592 g/mol. The number of aromatic nitrogens is 1. The van der Waals surface area contributed by atoms with Crippen molar-refractivity contribution in [1.29, 1.82) is 0 Å². The van der Waals surface area contributed by atoms with Gasteiger partial charge in [-0.1, -0.05) is 0 Å². The molecule has 0 fully saturated rings. The molecule has 0 radical (unpaired) electrons. The standard InChI is InChI=1S/C29H41N3O10/c1-7-39-26(33)16-31(17-27(34)40-8-2)14-21-11-20-12-24(37-5)25(38-6)13-22(20)23(30-21)15-32(18-28(35)41-9-3)19-29(36)42-10-4/h11-13H,7-10,14-19H2,1-6H3. The zero-order valence-corrected chi connectivity index (χ0v) is 25.2. The summed E-state index contributed by atoms with van der Waals surface area (Å²) in [4.78, 5) is 57.4. The molecule has 0 aliphatic heterocycles. The third-order valence-electron chi connectivity index (χ3n) is 5.86. The second-order valence-electron chi connectivity index (χ2n) is 9.00. The maximum Gasteiger partial charge on any atom is 0.320 e. The van der Waals surface area contributed by atoms with E-state index in [-0.39, 0.29) is 65.7 Å². The lowest BCUT2D eigenvalue weighted by Crippen LogP contribution is -2.37. The smallest absolute Gasteiger partial charge is 0.320 e. The Morgan fingerprint density at radius 2 is 1.02 bits per heavy atom. The van der Waals surface area contributed by atoms with Crippen LogP contribution in [0.4, 0.5) is 0 Å². The molecule has 0 N–H and O–H groups in total. The molecule has 0 amide bonds. The fourth-order valence-corrected chi connectivity index (χ4v) is 4.24. The summed E-state index contributed by atoms with van der Waals surface area (Å²) in [5.74, 6) is -1.05. The minimum absolute atomic E-state index is 0.0766. The quantitative estimate of drug-likeness (QED) is 0.185. The number of carbonyl (C=O) groups is 4. The summed E-state index contributed by atoms with van der Waals surface area (Å²) in [6.07, 6.45) is 0. The van der Waals surface area contributed by atoms with Crippen molar-refractivity contribution in [2.24, 2.45) is 0 Å². The van der Waals surface area contributed by atoms with E-state index in [1.807, 2.05) is 6.07 Å². The second kappa shape index (κ2) is 17.8. The molecule has 1 heterocycles. The Morgan fingerprint density at radius 3 is 1.43 bits per heavy atom. The highest BCUT2D eigenvalue weighted by Crippen LogP contribution is 2.34. The Balaban J connectivity index is 2.58. The van der Waals surface area contributed by atoms with E-state index in [4.69, 9.17) is 33.4 Å². The Bertz CT molecular complexity index is 1180. The Morgan fingerprint density at radius 1 is 0.619 bits per heavy atom. The molecular formula is C29H41N3O10. The first-order valence-corrected chi connectivity index (χ1v) is 13.8. The highest BCUT2D eigenvalue weighted by Gasteiger charge is 2.22. The summed E-state index contributed by atoms with van der Waals surface area (Å²) in [7, 11) is 3.04. The molecule has 0 spiro atoms. The van der Waals surface area contributed by atoms with Crippen LogP contribution >= 0.6 is 0 Å². The summed E-state index contributed by atoms with van der Waals surface area (Å²) in [6.45, 7) is 7.08. The average Bonchev–Trinajstić information content (AvgIpc) is 2.92. The summed E-state index contributed by atoms with van der Waals surface area (Å²) in [6, 6.07) is 5.36. The fourth-order valence-electron chi connectivity index (χ4n) is 4.24. The molecule has 0 atom stereocenters. The molecule has 2 aromatic rings. The van der Waals surface area contributed by atoms with Crippen molar-refractivity contribution in [3.05, 3.63) is 29.6 Å². The van der Waals surface area contributed by atoms with Gasteiger partial charge in [0.05, 0.1) is 78.2 Å². The maximum absolute atomic E-state index is 12.4. The van der Waals surface area contributed by atoms with Gasteiger partial charge in [0.1, 0.15) is 0 Å². The summed E-state index contributed by atoms with van der Waals surface area (Å²) >= 11 is 0. The van der Waals surface area contributed by atoms with Crippen LogP contribution in [0.2, 0.25) is 0 Å². The molecule has 232 valence electrons. The second-order valence-corrected chi connectivity index (χ2v) is 9.00. The van der Waals surface area contributed by atoms with Crippen molar-refractivity contribution in [3.63, 3.8) is 0 Å². The van der Waals surface area contributed by atoms with Crippen molar-refractivity contribution in [3.8, 4) is 11.5 Å². The summed E-state index contributed by atoms with van der Waals surface area (Å²) in [5, 5.41) is 1.42. The van der Waals surface area contributed by atoms with Gasteiger partial charge < -0.3 is 28.4 Å². The van der Waals surface area contributed by atoms with Crippen LogP contribution in [-0.2, 0) is 51.2 Å². The lowest BCUT2D eigenvalue weighted by molar-refractivity contribution is -0.150. The van der Waals surface area contributed by atoms with Crippen LogP contribution in [0.15, 0.2) is 18.2 Å². The molecule has 13 heteroatoms. The van der Waals surface area contributed by atoms with Crippen LogP contribution in [0.3, 0.4) is 0 Å². The van der Waals surface area contributed by atoms with Crippen molar-refractivity contribution in [2.75, 3.05) is 66.8 Å². The van der Waals surface area contributed by atoms with Crippen molar-refractivity contribution >= 4 is 34.6 Å². The molecule has 1 aromatic carbocycles. The lowest BCUT2D eigenvalue weighted by atomic mass is 10.1. The molecule has 0 aliphatic carbocycles. The van der Waals surface area contributed by atoms with E-state index in [0.717, 1.165) is 5.39 Å². The molecular weight excluding hydrogens is 550 g/mol. The van der Waals surface area contributed by atoms with Crippen LogP contribution < -0.4 is 9.47 Å². The normalized spacial score (nSPS) is 11.0. The molecule has 0 unspecified atom stereocenters. The third kappa shape index (κ3) is 10.8. The van der Waals surface area contributed by atoms with Gasteiger partial charge in [-0.3, -0.25) is 34.0 Å². The van der Waals surface area contributed by atoms with Crippen LogP contribution in [0.5, 0.6) is 11.5 Å². The predicted molar refractivity (Wildman–Crippen MR) is 152 cm³/mol. The first kappa shape index (κ1) is 34.2. The number of benzene rings is 1. The van der Waals surface area contributed by atoms with Gasteiger partial charge >= 0.3 is 23.9 Å². The van der Waals surface area contributed by atoms with Crippen molar-refractivity contribution < 1.29 is 47.6 Å². The maximum atomic E-state index is 12.4. The highest BCUT2D eigenvalue weighted by molar-refractivity contribution is 5.88. The van der Waals surface area contributed by atoms with Gasteiger partial charge in [-0.2, -0.15) is 0 Å². The Labute approximate surface area is 245 Å². The number of fused-ring (bicyclic) bond motifs is 1.